The molecule has 0 bridgehead atoms. The Hall–Kier alpha value is -1.59. The summed E-state index contributed by atoms with van der Waals surface area (Å²) in [6, 6.07) is 6.15. The minimum Gasteiger partial charge on any atom is -0.370 e. The number of nitrogens with two attached hydrogens (primary N) is 1. The number of aromatic nitrogens is 2. The van der Waals surface area contributed by atoms with Gasteiger partial charge in [-0.15, -0.1) is 11.6 Å². The highest BCUT2D eigenvalue weighted by molar-refractivity contribution is 6.17. The van der Waals surface area contributed by atoms with Crippen LogP contribution in [0, 0.1) is 6.92 Å². The van der Waals surface area contributed by atoms with Gasteiger partial charge < -0.3 is 15.0 Å². The van der Waals surface area contributed by atoms with Gasteiger partial charge in [-0.1, -0.05) is 6.07 Å². The van der Waals surface area contributed by atoms with Gasteiger partial charge in [0, 0.05) is 18.8 Å². The number of alkyl halides is 1. The standard InChI is InChI=1S/C14H18ClN3O2/c1-10-2-3-12-11(8-10)17-14(4-5-15)18(12)6-7-20-9-13(16)19/h2-3,8H,4-7,9H2,1H3,(H2,16,19). The van der Waals surface area contributed by atoms with Crippen LogP contribution in [0.5, 0.6) is 0 Å². The van der Waals surface area contributed by atoms with Crippen molar-refractivity contribution in [3.05, 3.63) is 29.6 Å². The van der Waals surface area contributed by atoms with Crippen LogP contribution in [0.3, 0.4) is 0 Å². The largest absolute Gasteiger partial charge is 0.370 e. The van der Waals surface area contributed by atoms with Crippen LogP contribution in [0.4, 0.5) is 0 Å². The summed E-state index contributed by atoms with van der Waals surface area (Å²) in [4.78, 5) is 15.2. The summed E-state index contributed by atoms with van der Waals surface area (Å²) in [5, 5.41) is 0. The highest BCUT2D eigenvalue weighted by Gasteiger charge is 2.10. The van der Waals surface area contributed by atoms with E-state index in [4.69, 9.17) is 22.1 Å². The van der Waals surface area contributed by atoms with Crippen molar-refractivity contribution in [1.29, 1.82) is 0 Å². The van der Waals surface area contributed by atoms with Gasteiger partial charge >= 0.3 is 0 Å². The Balaban J connectivity index is 2.19. The predicted octanol–water partition coefficient (Wildman–Crippen LogP) is 1.63. The molecule has 1 aromatic heterocycles. The molecule has 0 spiro atoms. The number of benzene rings is 1. The van der Waals surface area contributed by atoms with Gasteiger partial charge in [-0.2, -0.15) is 0 Å². The number of hydrogen-bond donors (Lipinski definition) is 1. The Morgan fingerprint density at radius 2 is 2.30 bits per heavy atom. The van der Waals surface area contributed by atoms with Gasteiger partial charge in [-0.3, -0.25) is 4.79 Å². The Morgan fingerprint density at radius 1 is 1.50 bits per heavy atom. The monoisotopic (exact) mass is 295 g/mol. The second kappa shape index (κ2) is 6.72. The Kier molecular flexibility index (Phi) is 4.98. The lowest BCUT2D eigenvalue weighted by Crippen LogP contribution is -2.20. The number of halogens is 1. The van der Waals surface area contributed by atoms with E-state index in [9.17, 15) is 4.79 Å². The van der Waals surface area contributed by atoms with Gasteiger partial charge in [0.05, 0.1) is 17.6 Å². The number of nitrogens with zero attached hydrogens (tertiary/aromatic N) is 2. The van der Waals surface area contributed by atoms with E-state index in [0.717, 1.165) is 16.9 Å². The molecule has 1 amide bonds. The molecule has 5 nitrogen and oxygen atoms in total. The zero-order valence-electron chi connectivity index (χ0n) is 11.4. The van der Waals surface area contributed by atoms with Crippen LogP contribution in [0.1, 0.15) is 11.4 Å². The molecule has 0 saturated heterocycles. The maximum atomic E-state index is 10.6. The molecular weight excluding hydrogens is 278 g/mol. The number of fused-ring (bicyclic) bond motifs is 1. The molecule has 2 rings (SSSR count). The van der Waals surface area contributed by atoms with E-state index in [1.54, 1.807) is 0 Å². The van der Waals surface area contributed by atoms with Crippen molar-refractivity contribution in [1.82, 2.24) is 9.55 Å². The molecule has 0 saturated carbocycles. The number of carbonyl (C=O) groups is 1. The average Bonchev–Trinajstić information content (AvgIpc) is 2.72. The third kappa shape index (κ3) is 3.49. The molecule has 20 heavy (non-hydrogen) atoms. The molecule has 6 heteroatoms. The number of ether oxygens (including phenoxy) is 1. The summed E-state index contributed by atoms with van der Waals surface area (Å²) >= 11 is 5.82. The highest BCUT2D eigenvalue weighted by Crippen LogP contribution is 2.18. The summed E-state index contributed by atoms with van der Waals surface area (Å²) in [5.74, 6) is 0.991. The van der Waals surface area contributed by atoms with Crippen molar-refractivity contribution < 1.29 is 9.53 Å². The maximum absolute atomic E-state index is 10.6. The van der Waals surface area contributed by atoms with Gasteiger partial charge in [0.2, 0.25) is 5.91 Å². The molecule has 2 aromatic rings. The molecular formula is C14H18ClN3O2. The van der Waals surface area contributed by atoms with Crippen molar-refractivity contribution in [2.45, 2.75) is 19.9 Å². The number of primary amides is 1. The van der Waals surface area contributed by atoms with E-state index in [1.807, 2.05) is 19.1 Å². The van der Waals surface area contributed by atoms with E-state index in [0.29, 0.717) is 25.5 Å². The molecule has 108 valence electrons. The first-order valence-corrected chi connectivity index (χ1v) is 7.03. The minimum absolute atomic E-state index is 0.0590. The quantitative estimate of drug-likeness (QED) is 0.623. The molecule has 1 aromatic carbocycles. The van der Waals surface area contributed by atoms with Crippen LogP contribution in [-0.4, -0.2) is 34.6 Å². The Labute approximate surface area is 122 Å². The van der Waals surface area contributed by atoms with Gasteiger partial charge in [0.1, 0.15) is 12.4 Å². The highest BCUT2D eigenvalue weighted by atomic mass is 35.5. The molecule has 0 atom stereocenters. The maximum Gasteiger partial charge on any atom is 0.243 e. The lowest BCUT2D eigenvalue weighted by Gasteiger charge is -2.08. The van der Waals surface area contributed by atoms with E-state index in [2.05, 4.69) is 15.6 Å². The molecule has 0 aliphatic rings. The van der Waals surface area contributed by atoms with Crippen LogP contribution in [0.25, 0.3) is 11.0 Å². The van der Waals surface area contributed by atoms with E-state index < -0.39 is 5.91 Å². The summed E-state index contributed by atoms with van der Waals surface area (Å²) in [6.45, 7) is 3.02. The molecule has 0 aliphatic carbocycles. The third-order valence-electron chi connectivity index (χ3n) is 3.00. The fraction of sp³-hybridized carbons (Fsp3) is 0.429. The summed E-state index contributed by atoms with van der Waals surface area (Å²) in [5.41, 5.74) is 8.22. The van der Waals surface area contributed by atoms with Crippen LogP contribution in [0.2, 0.25) is 0 Å². The number of rotatable bonds is 7. The first-order chi connectivity index (χ1) is 9.61. The topological polar surface area (TPSA) is 70.1 Å². The van der Waals surface area contributed by atoms with Crippen LogP contribution < -0.4 is 5.73 Å². The fourth-order valence-corrected chi connectivity index (χ4v) is 2.31. The van der Waals surface area contributed by atoms with Crippen LogP contribution in [-0.2, 0) is 22.5 Å². The van der Waals surface area contributed by atoms with E-state index in [-0.39, 0.29) is 6.61 Å². The molecule has 1 heterocycles. The molecule has 2 N–H and O–H groups in total. The summed E-state index contributed by atoms with van der Waals surface area (Å²) in [6.07, 6.45) is 0.700. The van der Waals surface area contributed by atoms with Gasteiger partial charge in [0.25, 0.3) is 0 Å². The van der Waals surface area contributed by atoms with Gasteiger partial charge in [-0.05, 0) is 24.6 Å². The number of imidazole rings is 1. The second-order valence-corrected chi connectivity index (χ2v) is 5.01. The minimum atomic E-state index is -0.461. The SMILES string of the molecule is Cc1ccc2c(c1)nc(CCCl)n2CCOCC(N)=O. The zero-order valence-corrected chi connectivity index (χ0v) is 12.2. The van der Waals surface area contributed by atoms with Crippen LogP contribution in [0.15, 0.2) is 18.2 Å². The molecule has 0 fully saturated rings. The summed E-state index contributed by atoms with van der Waals surface area (Å²) < 4.78 is 7.30. The average molecular weight is 296 g/mol. The zero-order chi connectivity index (χ0) is 14.5. The van der Waals surface area contributed by atoms with Crippen molar-refractivity contribution in [2.75, 3.05) is 19.1 Å². The third-order valence-corrected chi connectivity index (χ3v) is 3.19. The number of hydrogen-bond acceptors (Lipinski definition) is 3. The number of amides is 1. The van der Waals surface area contributed by atoms with Crippen molar-refractivity contribution in [3.63, 3.8) is 0 Å². The predicted molar refractivity (Wildman–Crippen MR) is 78.9 cm³/mol. The normalized spacial score (nSPS) is 11.1. The number of aryl methyl sites for hydroxylation is 2. The molecule has 0 unspecified atom stereocenters. The smallest absolute Gasteiger partial charge is 0.243 e. The number of carbonyl (C=O) groups excluding carboxylic acids is 1. The fourth-order valence-electron chi connectivity index (χ4n) is 2.14. The Bertz CT molecular complexity index is 610. The lowest BCUT2D eigenvalue weighted by atomic mass is 10.2. The summed E-state index contributed by atoms with van der Waals surface area (Å²) in [7, 11) is 0. The van der Waals surface area contributed by atoms with Crippen molar-refractivity contribution in [3.8, 4) is 0 Å². The lowest BCUT2D eigenvalue weighted by molar-refractivity contribution is -0.122. The van der Waals surface area contributed by atoms with E-state index in [1.165, 1.54) is 5.56 Å². The van der Waals surface area contributed by atoms with Crippen molar-refractivity contribution >= 4 is 28.5 Å². The molecule has 0 radical (unpaired) electrons. The second-order valence-electron chi connectivity index (χ2n) is 4.63. The van der Waals surface area contributed by atoms with Crippen LogP contribution >= 0.6 is 11.6 Å². The molecule has 0 aliphatic heterocycles. The van der Waals surface area contributed by atoms with E-state index >= 15 is 0 Å². The van der Waals surface area contributed by atoms with Gasteiger partial charge in [-0.25, -0.2) is 4.98 Å². The first-order valence-electron chi connectivity index (χ1n) is 6.49. The van der Waals surface area contributed by atoms with Gasteiger partial charge in [0.15, 0.2) is 0 Å². The Morgan fingerprint density at radius 3 is 3.00 bits per heavy atom. The van der Waals surface area contributed by atoms with Crippen molar-refractivity contribution in [2.24, 2.45) is 5.73 Å². The first kappa shape index (κ1) is 14.8.